The smallest absolute Gasteiger partial charge is 0.352 e. The lowest BCUT2D eigenvalue weighted by Crippen LogP contribution is -2.68. The lowest BCUT2D eigenvalue weighted by Gasteiger charge is -2.47. The first-order valence-corrected chi connectivity index (χ1v) is 9.82. The van der Waals surface area contributed by atoms with Gasteiger partial charge in [-0.1, -0.05) is 17.7 Å². The molecule has 1 aromatic rings. The van der Waals surface area contributed by atoms with Crippen molar-refractivity contribution in [3.63, 3.8) is 0 Å². The number of halogens is 1. The first kappa shape index (κ1) is 20.4. The minimum absolute atomic E-state index is 0.0666. The number of rotatable bonds is 3. The van der Waals surface area contributed by atoms with Crippen molar-refractivity contribution in [2.75, 3.05) is 12.4 Å². The number of carboxylic acid groups (broad SMARTS) is 1. The average molecular weight is 404 g/mol. The number of nitrogens with zero attached hydrogens (tertiary/aromatic N) is 1. The number of hydrogen-bond donors (Lipinski definition) is 3. The molecule has 8 nitrogen and oxygen atoms in total. The van der Waals surface area contributed by atoms with Gasteiger partial charge >= 0.3 is 5.97 Å². The first-order chi connectivity index (χ1) is 12.1. The third-order valence-corrected chi connectivity index (χ3v) is 6.00. The molecule has 2 heterocycles. The van der Waals surface area contributed by atoms with Gasteiger partial charge in [0, 0.05) is 11.3 Å². The molecule has 0 radical (unpaired) electrons. The quantitative estimate of drug-likeness (QED) is 0.496. The van der Waals surface area contributed by atoms with Gasteiger partial charge in [0.05, 0.1) is 4.90 Å². The summed E-state index contributed by atoms with van der Waals surface area (Å²) in [5.41, 5.74) is 6.37. The number of β-lactam (4-membered cyclic amide) rings is 1. The van der Waals surface area contributed by atoms with E-state index in [-0.39, 0.29) is 27.3 Å². The van der Waals surface area contributed by atoms with E-state index >= 15 is 0 Å². The van der Waals surface area contributed by atoms with Crippen molar-refractivity contribution in [2.45, 2.75) is 23.2 Å². The van der Waals surface area contributed by atoms with Crippen LogP contribution >= 0.6 is 11.8 Å². The number of thioether (sulfide) groups is 1. The number of carboxylic acids is 1. The molecule has 142 valence electrons. The fourth-order valence-corrected chi connectivity index (χ4v) is 4.14. The molecule has 26 heavy (non-hydrogen) atoms. The zero-order valence-corrected chi connectivity index (χ0v) is 15.3. The fraction of sp³-hybridized carbons (Fsp3) is 0.333. The predicted molar refractivity (Wildman–Crippen MR) is 92.7 cm³/mol. The maximum Gasteiger partial charge on any atom is 0.352 e. The molecule has 3 rings (SSSR count). The Labute approximate surface area is 153 Å². The third kappa shape index (κ3) is 4.06. The number of carbonyl (C=O) groups is 2. The summed E-state index contributed by atoms with van der Waals surface area (Å²) in [5, 5.41) is 8.55. The van der Waals surface area contributed by atoms with Gasteiger partial charge < -0.3 is 10.8 Å². The maximum absolute atomic E-state index is 12.5. The first-order valence-electron chi connectivity index (χ1n) is 7.33. The molecule has 1 amide bonds. The number of alkyl halides is 1. The number of hydrogen-bond acceptors (Lipinski definition) is 6. The van der Waals surface area contributed by atoms with E-state index in [1.807, 2.05) is 6.92 Å². The van der Waals surface area contributed by atoms with Crippen LogP contribution in [-0.2, 0) is 19.7 Å². The van der Waals surface area contributed by atoms with Crippen LogP contribution in [0.4, 0.5) is 4.39 Å². The topological polar surface area (TPSA) is 138 Å². The van der Waals surface area contributed by atoms with E-state index in [1.165, 1.54) is 23.9 Å². The Morgan fingerprint density at radius 2 is 1.96 bits per heavy atom. The molecule has 1 unspecified atom stereocenters. The number of benzene rings is 1. The Morgan fingerprint density at radius 3 is 2.42 bits per heavy atom. The van der Waals surface area contributed by atoms with E-state index in [2.05, 4.69) is 0 Å². The molecule has 0 aromatic heterocycles. The number of amides is 1. The van der Waals surface area contributed by atoms with Crippen molar-refractivity contribution in [1.29, 1.82) is 0 Å². The molecule has 2 aliphatic heterocycles. The highest BCUT2D eigenvalue weighted by atomic mass is 32.2. The highest BCUT2D eigenvalue weighted by molar-refractivity contribution is 8.00. The monoisotopic (exact) mass is 404 g/mol. The van der Waals surface area contributed by atoms with E-state index in [1.54, 1.807) is 12.1 Å². The van der Waals surface area contributed by atoms with Gasteiger partial charge in [-0.3, -0.25) is 14.2 Å². The average Bonchev–Trinajstić information content (AvgIpc) is 2.59. The lowest BCUT2D eigenvalue weighted by atomic mass is 10.0. The van der Waals surface area contributed by atoms with Gasteiger partial charge in [-0.25, -0.2) is 9.18 Å². The Kier molecular flexibility index (Phi) is 6.06. The van der Waals surface area contributed by atoms with Crippen molar-refractivity contribution in [1.82, 2.24) is 4.90 Å². The largest absolute Gasteiger partial charge is 0.477 e. The second-order valence-electron chi connectivity index (χ2n) is 5.61. The molecule has 0 aliphatic carbocycles. The minimum Gasteiger partial charge on any atom is -0.477 e. The van der Waals surface area contributed by atoms with Crippen molar-refractivity contribution < 1.29 is 32.1 Å². The molecule has 2 atom stereocenters. The molecule has 4 N–H and O–H groups in total. The van der Waals surface area contributed by atoms with Crippen LogP contribution in [0.25, 0.3) is 0 Å². The predicted octanol–water partition coefficient (Wildman–Crippen LogP) is 0.779. The van der Waals surface area contributed by atoms with E-state index < -0.39 is 34.7 Å². The van der Waals surface area contributed by atoms with Crippen molar-refractivity contribution in [3.05, 3.63) is 41.1 Å². The van der Waals surface area contributed by atoms with Crippen molar-refractivity contribution in [2.24, 2.45) is 5.73 Å². The molecular formula is C15H17FN2O6S2. The molecule has 11 heteroatoms. The lowest BCUT2D eigenvalue weighted by molar-refractivity contribution is -0.148. The highest BCUT2D eigenvalue weighted by Gasteiger charge is 2.51. The van der Waals surface area contributed by atoms with Crippen molar-refractivity contribution in [3.8, 4) is 0 Å². The summed E-state index contributed by atoms with van der Waals surface area (Å²) >= 11 is 1.30. The second kappa shape index (κ2) is 7.74. The Morgan fingerprint density at radius 1 is 1.38 bits per heavy atom. The number of fused-ring (bicyclic) bond motifs is 1. The molecule has 0 bridgehead atoms. The molecule has 2 aliphatic rings. The summed E-state index contributed by atoms with van der Waals surface area (Å²) in [6.07, 6.45) is 0. The standard InChI is InChI=1S/C8H9FN2O3S.C7H8O3S/c9-1-3-2-15-7-4(10)6(12)11(7)5(3)8(13)14;1-6-2-4-7(5-3-6)11(8,9)10/h4,7H,1-2,10H2,(H,13,14);2-5H,1H3,(H,8,9,10)/t4?,7-;/m0./s1. The van der Waals surface area contributed by atoms with E-state index in [9.17, 15) is 22.4 Å². The van der Waals surface area contributed by atoms with Gasteiger partial charge in [0.25, 0.3) is 10.1 Å². The van der Waals surface area contributed by atoms with Gasteiger partial charge in [-0.2, -0.15) is 8.42 Å². The maximum atomic E-state index is 12.5. The van der Waals surface area contributed by atoms with Gasteiger partial charge in [-0.15, -0.1) is 11.8 Å². The highest BCUT2D eigenvalue weighted by Crippen LogP contribution is 2.39. The summed E-state index contributed by atoms with van der Waals surface area (Å²) in [7, 11) is -4.02. The van der Waals surface area contributed by atoms with Gasteiger partial charge in [0.2, 0.25) is 5.91 Å². The van der Waals surface area contributed by atoms with Crippen LogP contribution in [-0.4, -0.2) is 58.7 Å². The van der Waals surface area contributed by atoms with Crippen LogP contribution in [0.1, 0.15) is 5.56 Å². The Balaban J connectivity index is 0.000000197. The number of carbonyl (C=O) groups excluding carboxylic acids is 1. The number of aliphatic carboxylic acids is 1. The zero-order valence-electron chi connectivity index (χ0n) is 13.6. The minimum atomic E-state index is -4.02. The summed E-state index contributed by atoms with van der Waals surface area (Å²) < 4.78 is 42.1. The van der Waals surface area contributed by atoms with E-state index in [0.29, 0.717) is 0 Å². The Hall–Kier alpha value is -1.95. The number of aryl methyl sites for hydroxylation is 1. The summed E-state index contributed by atoms with van der Waals surface area (Å²) in [6.45, 7) is 0.994. The summed E-state index contributed by atoms with van der Waals surface area (Å²) in [5.74, 6) is -1.44. The van der Waals surface area contributed by atoms with Crippen LogP contribution in [0.3, 0.4) is 0 Å². The van der Waals surface area contributed by atoms with Gasteiger partial charge in [-0.05, 0) is 19.1 Å². The molecule has 1 saturated heterocycles. The second-order valence-corrected chi connectivity index (χ2v) is 8.14. The molecule has 0 spiro atoms. The summed E-state index contributed by atoms with van der Waals surface area (Å²) in [4.78, 5) is 23.2. The molecule has 1 aromatic carbocycles. The van der Waals surface area contributed by atoms with Gasteiger partial charge in [0.1, 0.15) is 23.8 Å². The normalized spacial score (nSPS) is 22.2. The summed E-state index contributed by atoms with van der Waals surface area (Å²) in [6, 6.07) is 5.33. The molecular weight excluding hydrogens is 387 g/mol. The van der Waals surface area contributed by atoms with Gasteiger partial charge in [0.15, 0.2) is 0 Å². The number of nitrogens with two attached hydrogens (primary N) is 1. The van der Waals surface area contributed by atoms with Crippen LogP contribution in [0.15, 0.2) is 40.4 Å². The Bertz CT molecular complexity index is 853. The molecule has 0 saturated carbocycles. The van der Waals surface area contributed by atoms with Crippen LogP contribution in [0.5, 0.6) is 0 Å². The van der Waals surface area contributed by atoms with E-state index in [0.717, 1.165) is 10.5 Å². The fourth-order valence-electron chi connectivity index (χ4n) is 2.39. The third-order valence-electron chi connectivity index (χ3n) is 3.77. The molecule has 1 fully saturated rings. The van der Waals surface area contributed by atoms with Crippen LogP contribution < -0.4 is 5.73 Å². The van der Waals surface area contributed by atoms with Crippen LogP contribution in [0.2, 0.25) is 0 Å². The van der Waals surface area contributed by atoms with Crippen molar-refractivity contribution >= 4 is 33.8 Å². The van der Waals surface area contributed by atoms with E-state index in [4.69, 9.17) is 15.4 Å². The van der Waals surface area contributed by atoms with Crippen LogP contribution in [0, 0.1) is 6.92 Å². The SMILES string of the molecule is Cc1ccc(S(=O)(=O)O)cc1.NC1C(=O)N2C(C(=O)O)=C(CF)CS[C@@H]12. The zero-order chi connectivity index (χ0) is 19.6.